The van der Waals surface area contributed by atoms with Gasteiger partial charge >= 0.3 is 0 Å². The molecule has 0 aliphatic carbocycles. The molecule has 0 spiro atoms. The van der Waals surface area contributed by atoms with Crippen molar-refractivity contribution in [3.05, 3.63) is 35.7 Å². The molecule has 164 valence electrons. The van der Waals surface area contributed by atoms with Crippen LogP contribution in [0.3, 0.4) is 0 Å². The van der Waals surface area contributed by atoms with E-state index in [0.717, 1.165) is 61.6 Å². The van der Waals surface area contributed by atoms with Crippen molar-refractivity contribution in [2.24, 2.45) is 4.99 Å². The number of nitrogens with zero attached hydrogens (tertiary/aromatic N) is 5. The number of halogens is 1. The Morgan fingerprint density at radius 2 is 1.97 bits per heavy atom. The summed E-state index contributed by atoms with van der Waals surface area (Å²) in [5.41, 5.74) is 2.02. The van der Waals surface area contributed by atoms with Gasteiger partial charge < -0.3 is 20.4 Å². The quantitative estimate of drug-likeness (QED) is 0.331. The molecule has 1 saturated heterocycles. The molecule has 1 aliphatic rings. The molecule has 30 heavy (non-hydrogen) atoms. The van der Waals surface area contributed by atoms with Crippen molar-refractivity contribution < 1.29 is 4.79 Å². The second-order valence-electron chi connectivity index (χ2n) is 6.82. The highest BCUT2D eigenvalue weighted by Crippen LogP contribution is 2.19. The molecule has 0 radical (unpaired) electrons. The topological polar surface area (TPSA) is 85.8 Å². The van der Waals surface area contributed by atoms with Gasteiger partial charge in [0.15, 0.2) is 5.96 Å². The second kappa shape index (κ2) is 12.0. The van der Waals surface area contributed by atoms with E-state index in [-0.39, 0.29) is 36.4 Å². The smallest absolute Gasteiger partial charge is 0.243 e. The van der Waals surface area contributed by atoms with Gasteiger partial charge in [0.2, 0.25) is 11.0 Å². The summed E-state index contributed by atoms with van der Waals surface area (Å²) in [7, 11) is 1.75. The predicted molar refractivity (Wildman–Crippen MR) is 134 cm³/mol. The Morgan fingerprint density at radius 1 is 1.20 bits per heavy atom. The SMILES string of the molecule is CCc1cccc(NC(=O)CNC(=NC)N2CCN(c3nc(CC)ns3)CC2)c1.I. The van der Waals surface area contributed by atoms with Gasteiger partial charge in [0.25, 0.3) is 0 Å². The molecule has 0 saturated carbocycles. The highest BCUT2D eigenvalue weighted by Gasteiger charge is 2.22. The summed E-state index contributed by atoms with van der Waals surface area (Å²) in [4.78, 5) is 25.7. The Bertz CT molecular complexity index is 849. The highest BCUT2D eigenvalue weighted by atomic mass is 127. The average molecular weight is 543 g/mol. The molecule has 1 aromatic carbocycles. The summed E-state index contributed by atoms with van der Waals surface area (Å²) < 4.78 is 4.37. The summed E-state index contributed by atoms with van der Waals surface area (Å²) in [6.45, 7) is 7.70. The summed E-state index contributed by atoms with van der Waals surface area (Å²) in [6.07, 6.45) is 1.80. The maximum atomic E-state index is 12.3. The van der Waals surface area contributed by atoms with E-state index in [1.54, 1.807) is 7.05 Å². The summed E-state index contributed by atoms with van der Waals surface area (Å²) >= 11 is 1.46. The standard InChI is InChI=1S/C20H29N7OS.HI/c1-4-15-7-6-8-16(13-15)23-18(28)14-22-19(21-3)26-9-11-27(12-10-26)20-24-17(5-2)25-29-20;/h6-8,13H,4-5,9-12,14H2,1-3H3,(H,21,22)(H,23,28);1H. The number of anilines is 2. The maximum absolute atomic E-state index is 12.3. The van der Waals surface area contributed by atoms with Crippen molar-refractivity contribution in [1.82, 2.24) is 19.6 Å². The first kappa shape index (κ1) is 24.3. The van der Waals surface area contributed by atoms with Gasteiger partial charge in [-0.2, -0.15) is 4.37 Å². The number of amides is 1. The molecule has 3 rings (SSSR count). The molecule has 2 heterocycles. The lowest BCUT2D eigenvalue weighted by Gasteiger charge is -2.36. The maximum Gasteiger partial charge on any atom is 0.243 e. The van der Waals surface area contributed by atoms with Crippen LogP contribution in [0.5, 0.6) is 0 Å². The molecule has 2 N–H and O–H groups in total. The minimum Gasteiger partial charge on any atom is -0.347 e. The monoisotopic (exact) mass is 543 g/mol. The van der Waals surface area contributed by atoms with Crippen LogP contribution in [0.2, 0.25) is 0 Å². The van der Waals surface area contributed by atoms with E-state index in [9.17, 15) is 4.79 Å². The van der Waals surface area contributed by atoms with Gasteiger partial charge in [-0.3, -0.25) is 9.79 Å². The van der Waals surface area contributed by atoms with Crippen LogP contribution in [0.1, 0.15) is 25.2 Å². The Morgan fingerprint density at radius 3 is 2.60 bits per heavy atom. The van der Waals surface area contributed by atoms with E-state index in [1.807, 2.05) is 18.2 Å². The molecule has 8 nitrogen and oxygen atoms in total. The van der Waals surface area contributed by atoms with Gasteiger partial charge in [0.1, 0.15) is 5.82 Å². The number of nitrogens with one attached hydrogen (secondary N) is 2. The zero-order valence-corrected chi connectivity index (χ0v) is 20.9. The molecule has 2 aromatic rings. The zero-order valence-electron chi connectivity index (χ0n) is 17.7. The highest BCUT2D eigenvalue weighted by molar-refractivity contribution is 14.0. The van der Waals surface area contributed by atoms with Gasteiger partial charge in [0.05, 0.1) is 6.54 Å². The van der Waals surface area contributed by atoms with Crippen LogP contribution in [0.15, 0.2) is 29.3 Å². The molecule has 10 heteroatoms. The van der Waals surface area contributed by atoms with Gasteiger partial charge in [-0.25, -0.2) is 4.98 Å². The number of carbonyl (C=O) groups is 1. The fraction of sp³-hybridized carbons (Fsp3) is 0.500. The average Bonchev–Trinajstić information content (AvgIpc) is 3.24. The van der Waals surface area contributed by atoms with Gasteiger partial charge in [-0.05, 0) is 24.1 Å². The second-order valence-corrected chi connectivity index (χ2v) is 7.55. The lowest BCUT2D eigenvalue weighted by Crippen LogP contribution is -2.53. The third-order valence-corrected chi connectivity index (χ3v) is 5.68. The summed E-state index contributed by atoms with van der Waals surface area (Å²) in [5.74, 6) is 1.56. The number of rotatable bonds is 6. The van der Waals surface area contributed by atoms with Crippen LogP contribution in [0, 0.1) is 0 Å². The van der Waals surface area contributed by atoms with Crippen molar-refractivity contribution in [3.8, 4) is 0 Å². The molecule has 0 atom stereocenters. The normalized spacial score (nSPS) is 14.3. The van der Waals surface area contributed by atoms with Gasteiger partial charge in [-0.1, -0.05) is 26.0 Å². The lowest BCUT2D eigenvalue weighted by molar-refractivity contribution is -0.115. The molecule has 1 fully saturated rings. The van der Waals surface area contributed by atoms with Crippen molar-refractivity contribution in [1.29, 1.82) is 0 Å². The van der Waals surface area contributed by atoms with E-state index in [0.29, 0.717) is 0 Å². The third-order valence-electron chi connectivity index (χ3n) is 4.86. The Kier molecular flexibility index (Phi) is 9.76. The Labute approximate surface area is 199 Å². The fourth-order valence-electron chi connectivity index (χ4n) is 3.19. The zero-order chi connectivity index (χ0) is 20.6. The summed E-state index contributed by atoms with van der Waals surface area (Å²) in [5, 5.41) is 7.10. The van der Waals surface area contributed by atoms with Crippen LogP contribution in [0.25, 0.3) is 0 Å². The molecule has 0 unspecified atom stereocenters. The molecular weight excluding hydrogens is 513 g/mol. The number of hydrogen-bond donors (Lipinski definition) is 2. The molecule has 1 aromatic heterocycles. The minimum absolute atomic E-state index is 0. The first-order valence-corrected chi connectivity index (χ1v) is 10.8. The Hall–Kier alpha value is -1.95. The van der Waals surface area contributed by atoms with Gasteiger partial charge in [-0.15, -0.1) is 24.0 Å². The molecule has 1 aliphatic heterocycles. The van der Waals surface area contributed by atoms with Crippen LogP contribution in [0.4, 0.5) is 10.8 Å². The van der Waals surface area contributed by atoms with Crippen LogP contribution in [-0.4, -0.2) is 65.9 Å². The number of guanidine groups is 1. The van der Waals surface area contributed by atoms with Crippen LogP contribution in [-0.2, 0) is 17.6 Å². The minimum atomic E-state index is -0.0843. The van der Waals surface area contributed by atoms with Crippen LogP contribution < -0.4 is 15.5 Å². The number of hydrogen-bond acceptors (Lipinski definition) is 6. The number of aromatic nitrogens is 2. The van der Waals surface area contributed by atoms with E-state index in [2.05, 4.69) is 54.7 Å². The van der Waals surface area contributed by atoms with Gasteiger partial charge in [0, 0.05) is 56.9 Å². The van der Waals surface area contributed by atoms with Crippen molar-refractivity contribution in [2.45, 2.75) is 26.7 Å². The van der Waals surface area contributed by atoms with Crippen molar-refractivity contribution in [2.75, 3.05) is 50.0 Å². The first-order chi connectivity index (χ1) is 14.1. The molecular formula is C20H30IN7OS. The first-order valence-electron chi connectivity index (χ1n) is 10.0. The predicted octanol–water partition coefficient (Wildman–Crippen LogP) is 2.62. The number of benzene rings is 1. The summed E-state index contributed by atoms with van der Waals surface area (Å²) in [6, 6.07) is 7.92. The number of piperazine rings is 1. The number of aryl methyl sites for hydroxylation is 2. The van der Waals surface area contributed by atoms with E-state index in [1.165, 1.54) is 17.1 Å². The lowest BCUT2D eigenvalue weighted by atomic mass is 10.1. The van der Waals surface area contributed by atoms with Crippen LogP contribution >= 0.6 is 35.5 Å². The largest absolute Gasteiger partial charge is 0.347 e. The number of aliphatic imine (C=N–C) groups is 1. The number of carbonyl (C=O) groups excluding carboxylic acids is 1. The van der Waals surface area contributed by atoms with Crippen molar-refractivity contribution >= 4 is 58.2 Å². The van der Waals surface area contributed by atoms with E-state index < -0.39 is 0 Å². The Balaban J connectivity index is 0.00000320. The molecule has 1 amide bonds. The molecule has 0 bridgehead atoms. The fourth-order valence-corrected chi connectivity index (χ4v) is 3.99. The van der Waals surface area contributed by atoms with E-state index >= 15 is 0 Å². The third kappa shape index (κ3) is 6.53. The van der Waals surface area contributed by atoms with Crippen molar-refractivity contribution in [3.63, 3.8) is 0 Å². The van der Waals surface area contributed by atoms with E-state index in [4.69, 9.17) is 0 Å².